The molecule has 1 aromatic rings. The second-order valence-electron chi connectivity index (χ2n) is 6.00. The Balaban J connectivity index is 1.74. The summed E-state index contributed by atoms with van der Waals surface area (Å²) in [4.78, 5) is 25.9. The van der Waals surface area contributed by atoms with Crippen LogP contribution in [0.2, 0.25) is 0 Å². The highest BCUT2D eigenvalue weighted by Crippen LogP contribution is 2.39. The van der Waals surface area contributed by atoms with Crippen LogP contribution in [-0.4, -0.2) is 43.2 Å². The first kappa shape index (κ1) is 14.0. The molecule has 1 unspecified atom stereocenters. The SMILES string of the molecule is CCC1C[C@H](C(=O)N2CCn3cnnc3C2)[C@H](C(=O)O)C1. The molecule has 1 amide bonds. The molecule has 1 fully saturated rings. The van der Waals surface area contributed by atoms with Crippen LogP contribution < -0.4 is 0 Å². The molecule has 3 atom stereocenters. The van der Waals surface area contributed by atoms with Crippen LogP contribution in [-0.2, 0) is 22.7 Å². The van der Waals surface area contributed by atoms with E-state index >= 15 is 0 Å². The third kappa shape index (κ3) is 2.52. The van der Waals surface area contributed by atoms with Gasteiger partial charge in [0, 0.05) is 13.1 Å². The number of carbonyl (C=O) groups excluding carboxylic acids is 1. The fraction of sp³-hybridized carbons (Fsp3) is 0.714. The van der Waals surface area contributed by atoms with Gasteiger partial charge in [0.15, 0.2) is 5.82 Å². The Labute approximate surface area is 123 Å². The minimum atomic E-state index is -0.843. The Hall–Kier alpha value is -1.92. The molecule has 0 spiro atoms. The van der Waals surface area contributed by atoms with Gasteiger partial charge in [-0.1, -0.05) is 13.3 Å². The standard InChI is InChI=1S/C14H20N4O3/c1-2-9-5-10(11(6-9)14(20)21)13(19)17-3-4-18-8-15-16-12(18)7-17/h8-11H,2-7H2,1H3,(H,20,21)/t9?,10-,11+/m0/s1. The predicted octanol–water partition coefficient (Wildman–Crippen LogP) is 0.757. The number of carboxylic acids is 1. The highest BCUT2D eigenvalue weighted by molar-refractivity contribution is 5.85. The van der Waals surface area contributed by atoms with Gasteiger partial charge in [-0.25, -0.2) is 0 Å². The molecule has 0 radical (unpaired) electrons. The molecule has 2 heterocycles. The van der Waals surface area contributed by atoms with Crippen LogP contribution in [0, 0.1) is 17.8 Å². The van der Waals surface area contributed by atoms with Crippen LogP contribution in [0.25, 0.3) is 0 Å². The zero-order chi connectivity index (χ0) is 15.0. The van der Waals surface area contributed by atoms with Crippen LogP contribution in [0.3, 0.4) is 0 Å². The van der Waals surface area contributed by atoms with E-state index in [1.807, 2.05) is 4.57 Å². The monoisotopic (exact) mass is 292 g/mol. The van der Waals surface area contributed by atoms with Gasteiger partial charge in [-0.2, -0.15) is 0 Å². The largest absolute Gasteiger partial charge is 0.481 e. The van der Waals surface area contributed by atoms with Crippen LogP contribution in [0.4, 0.5) is 0 Å². The molecule has 0 bridgehead atoms. The van der Waals surface area contributed by atoms with E-state index in [0.717, 1.165) is 12.2 Å². The molecule has 1 aliphatic heterocycles. The fourth-order valence-corrected chi connectivity index (χ4v) is 3.51. The maximum absolute atomic E-state index is 12.7. The summed E-state index contributed by atoms with van der Waals surface area (Å²) in [5.41, 5.74) is 0. The summed E-state index contributed by atoms with van der Waals surface area (Å²) < 4.78 is 1.93. The minimum absolute atomic E-state index is 0.0346. The maximum Gasteiger partial charge on any atom is 0.307 e. The third-order valence-electron chi connectivity index (χ3n) is 4.82. The number of aliphatic carboxylic acids is 1. The lowest BCUT2D eigenvalue weighted by Gasteiger charge is -2.30. The number of rotatable bonds is 3. The number of nitrogens with zero attached hydrogens (tertiary/aromatic N) is 4. The molecule has 0 aromatic carbocycles. The molecular formula is C14H20N4O3. The Morgan fingerprint density at radius 3 is 2.81 bits per heavy atom. The van der Waals surface area contributed by atoms with Crippen molar-refractivity contribution in [3.63, 3.8) is 0 Å². The Bertz CT molecular complexity index is 556. The number of aromatic nitrogens is 3. The molecule has 0 saturated heterocycles. The van der Waals surface area contributed by atoms with Gasteiger partial charge in [-0.05, 0) is 18.8 Å². The Kier molecular flexibility index (Phi) is 3.65. The van der Waals surface area contributed by atoms with Crippen molar-refractivity contribution in [3.05, 3.63) is 12.2 Å². The van der Waals surface area contributed by atoms with Crippen LogP contribution in [0.1, 0.15) is 32.0 Å². The van der Waals surface area contributed by atoms with Crippen molar-refractivity contribution in [1.82, 2.24) is 19.7 Å². The Morgan fingerprint density at radius 2 is 2.10 bits per heavy atom. The first-order chi connectivity index (χ1) is 10.1. The van der Waals surface area contributed by atoms with Crippen molar-refractivity contribution < 1.29 is 14.7 Å². The molecule has 1 saturated carbocycles. The van der Waals surface area contributed by atoms with Gasteiger partial charge in [0.2, 0.25) is 5.91 Å². The number of hydrogen-bond acceptors (Lipinski definition) is 4. The van der Waals surface area contributed by atoms with E-state index in [2.05, 4.69) is 17.1 Å². The second-order valence-corrected chi connectivity index (χ2v) is 6.00. The number of carbonyl (C=O) groups is 2. The van der Waals surface area contributed by atoms with E-state index in [-0.39, 0.29) is 11.8 Å². The summed E-state index contributed by atoms with van der Waals surface area (Å²) in [6.45, 7) is 3.76. The first-order valence-corrected chi connectivity index (χ1v) is 7.48. The number of fused-ring (bicyclic) bond motifs is 1. The van der Waals surface area contributed by atoms with Crippen molar-refractivity contribution in [3.8, 4) is 0 Å². The molecule has 3 rings (SSSR count). The van der Waals surface area contributed by atoms with E-state index in [4.69, 9.17) is 0 Å². The molecule has 7 heteroatoms. The third-order valence-corrected chi connectivity index (χ3v) is 4.82. The van der Waals surface area contributed by atoms with Crippen LogP contribution in [0.15, 0.2) is 6.33 Å². The molecule has 1 aliphatic carbocycles. The van der Waals surface area contributed by atoms with Crippen molar-refractivity contribution in [2.75, 3.05) is 6.54 Å². The average Bonchev–Trinajstić information content (AvgIpc) is 3.11. The van der Waals surface area contributed by atoms with Gasteiger partial charge in [-0.15, -0.1) is 10.2 Å². The quantitative estimate of drug-likeness (QED) is 0.888. The van der Waals surface area contributed by atoms with E-state index in [1.54, 1.807) is 11.2 Å². The van der Waals surface area contributed by atoms with Crippen molar-refractivity contribution in [2.24, 2.45) is 17.8 Å². The van der Waals surface area contributed by atoms with Gasteiger partial charge in [-0.3, -0.25) is 9.59 Å². The van der Waals surface area contributed by atoms with Gasteiger partial charge >= 0.3 is 5.97 Å². The summed E-state index contributed by atoms with van der Waals surface area (Å²) in [7, 11) is 0. The summed E-state index contributed by atoms with van der Waals surface area (Å²) in [6.07, 6.45) is 3.91. The summed E-state index contributed by atoms with van der Waals surface area (Å²) >= 11 is 0. The molecule has 1 N–H and O–H groups in total. The minimum Gasteiger partial charge on any atom is -0.481 e. The Morgan fingerprint density at radius 1 is 1.33 bits per heavy atom. The molecule has 2 aliphatic rings. The number of carboxylic acid groups (broad SMARTS) is 1. The maximum atomic E-state index is 12.7. The van der Waals surface area contributed by atoms with Crippen molar-refractivity contribution in [2.45, 2.75) is 39.3 Å². The lowest BCUT2D eigenvalue weighted by atomic mass is 9.94. The molecule has 7 nitrogen and oxygen atoms in total. The van der Waals surface area contributed by atoms with Crippen molar-refractivity contribution in [1.29, 1.82) is 0 Å². The smallest absolute Gasteiger partial charge is 0.307 e. The molecule has 21 heavy (non-hydrogen) atoms. The zero-order valence-electron chi connectivity index (χ0n) is 12.1. The number of amides is 1. The molecular weight excluding hydrogens is 272 g/mol. The molecule has 114 valence electrons. The highest BCUT2D eigenvalue weighted by atomic mass is 16.4. The van der Waals surface area contributed by atoms with Gasteiger partial charge in [0.1, 0.15) is 6.33 Å². The lowest BCUT2D eigenvalue weighted by Crippen LogP contribution is -2.43. The summed E-state index contributed by atoms with van der Waals surface area (Å²) in [5.74, 6) is -0.693. The zero-order valence-corrected chi connectivity index (χ0v) is 12.1. The summed E-state index contributed by atoms with van der Waals surface area (Å²) in [5, 5.41) is 17.2. The van der Waals surface area contributed by atoms with E-state index < -0.39 is 11.9 Å². The lowest BCUT2D eigenvalue weighted by molar-refractivity contribution is -0.149. The van der Waals surface area contributed by atoms with E-state index in [0.29, 0.717) is 38.4 Å². The van der Waals surface area contributed by atoms with Crippen molar-refractivity contribution >= 4 is 11.9 Å². The van der Waals surface area contributed by atoms with E-state index in [1.165, 1.54) is 0 Å². The average molecular weight is 292 g/mol. The fourth-order valence-electron chi connectivity index (χ4n) is 3.51. The summed E-state index contributed by atoms with van der Waals surface area (Å²) in [6, 6.07) is 0. The van der Waals surface area contributed by atoms with Gasteiger partial charge < -0.3 is 14.6 Å². The van der Waals surface area contributed by atoms with Gasteiger partial charge in [0.05, 0.1) is 18.4 Å². The second kappa shape index (κ2) is 5.46. The predicted molar refractivity (Wildman–Crippen MR) is 73.1 cm³/mol. The number of hydrogen-bond donors (Lipinski definition) is 1. The van der Waals surface area contributed by atoms with Crippen LogP contribution in [0.5, 0.6) is 0 Å². The molecule has 1 aromatic heterocycles. The van der Waals surface area contributed by atoms with Gasteiger partial charge in [0.25, 0.3) is 0 Å². The normalized spacial score (nSPS) is 28.4. The highest BCUT2D eigenvalue weighted by Gasteiger charge is 2.44. The van der Waals surface area contributed by atoms with Crippen LogP contribution >= 0.6 is 0 Å². The van der Waals surface area contributed by atoms with E-state index in [9.17, 15) is 14.7 Å². The first-order valence-electron chi connectivity index (χ1n) is 7.48. The topological polar surface area (TPSA) is 88.3 Å².